The quantitative estimate of drug-likeness (QED) is 0.643. The first-order chi connectivity index (χ1) is 5.52. The van der Waals surface area contributed by atoms with Crippen LogP contribution in [0.2, 0.25) is 0 Å². The molecule has 1 N–H and O–H groups in total. The Balaban J connectivity index is 2.60. The molecular formula is C10H16O2. The van der Waals surface area contributed by atoms with Gasteiger partial charge in [0.1, 0.15) is 0 Å². The second-order valence-electron chi connectivity index (χ2n) is 4.19. The van der Waals surface area contributed by atoms with E-state index < -0.39 is 5.97 Å². The molecule has 0 aliphatic heterocycles. The maximum absolute atomic E-state index is 10.6. The van der Waals surface area contributed by atoms with Gasteiger partial charge in [-0.3, -0.25) is 4.79 Å². The number of carboxylic acid groups (broad SMARTS) is 1. The Morgan fingerprint density at radius 1 is 1.75 bits per heavy atom. The van der Waals surface area contributed by atoms with E-state index in [0.29, 0.717) is 12.3 Å². The highest BCUT2D eigenvalue weighted by Crippen LogP contribution is 2.37. The second kappa shape index (κ2) is 3.30. The third kappa shape index (κ3) is 2.36. The fourth-order valence-corrected chi connectivity index (χ4v) is 2.02. The van der Waals surface area contributed by atoms with Gasteiger partial charge in [-0.25, -0.2) is 0 Å². The highest BCUT2D eigenvalue weighted by Gasteiger charge is 2.29. The van der Waals surface area contributed by atoms with E-state index in [1.165, 1.54) is 0 Å². The molecule has 1 rings (SSSR count). The Hall–Kier alpha value is -0.790. The van der Waals surface area contributed by atoms with E-state index in [4.69, 9.17) is 5.11 Å². The number of hydrogen-bond acceptors (Lipinski definition) is 1. The van der Waals surface area contributed by atoms with Crippen LogP contribution in [0.3, 0.4) is 0 Å². The molecule has 0 spiro atoms. The molecule has 2 nitrogen and oxygen atoms in total. The molecule has 0 saturated carbocycles. The first-order valence-corrected chi connectivity index (χ1v) is 4.40. The van der Waals surface area contributed by atoms with Crippen molar-refractivity contribution in [2.45, 2.75) is 33.1 Å². The van der Waals surface area contributed by atoms with E-state index >= 15 is 0 Å². The summed E-state index contributed by atoms with van der Waals surface area (Å²) in [6.07, 6.45) is 6.47. The molecule has 12 heavy (non-hydrogen) atoms. The van der Waals surface area contributed by atoms with Crippen LogP contribution in [0.25, 0.3) is 0 Å². The first-order valence-electron chi connectivity index (χ1n) is 4.40. The average Bonchev–Trinajstić information content (AvgIpc) is 1.82. The third-order valence-corrected chi connectivity index (χ3v) is 2.47. The van der Waals surface area contributed by atoms with Gasteiger partial charge < -0.3 is 5.11 Å². The van der Waals surface area contributed by atoms with Crippen molar-refractivity contribution in [1.82, 2.24) is 0 Å². The van der Waals surface area contributed by atoms with Crippen LogP contribution in [0.15, 0.2) is 12.2 Å². The molecule has 0 heterocycles. The summed E-state index contributed by atoms with van der Waals surface area (Å²) in [6.45, 7) is 4.19. The summed E-state index contributed by atoms with van der Waals surface area (Å²) in [4.78, 5) is 10.6. The minimum atomic E-state index is -0.681. The van der Waals surface area contributed by atoms with Crippen LogP contribution in [0.1, 0.15) is 33.1 Å². The number of aliphatic carboxylic acids is 1. The van der Waals surface area contributed by atoms with Crippen molar-refractivity contribution < 1.29 is 9.90 Å². The van der Waals surface area contributed by atoms with Crippen LogP contribution in [-0.4, -0.2) is 11.1 Å². The van der Waals surface area contributed by atoms with Crippen LogP contribution >= 0.6 is 0 Å². The van der Waals surface area contributed by atoms with Gasteiger partial charge in [-0.05, 0) is 24.2 Å². The van der Waals surface area contributed by atoms with Crippen molar-refractivity contribution >= 4 is 5.97 Å². The van der Waals surface area contributed by atoms with Crippen molar-refractivity contribution in [3.63, 3.8) is 0 Å². The van der Waals surface area contributed by atoms with E-state index in [0.717, 1.165) is 12.8 Å². The summed E-state index contributed by atoms with van der Waals surface area (Å²) in [7, 11) is 0. The van der Waals surface area contributed by atoms with Gasteiger partial charge in [-0.1, -0.05) is 26.0 Å². The Kier molecular flexibility index (Phi) is 2.55. The molecule has 0 fully saturated rings. The molecule has 0 saturated heterocycles. The van der Waals surface area contributed by atoms with Gasteiger partial charge >= 0.3 is 5.97 Å². The molecular weight excluding hydrogens is 152 g/mol. The standard InChI is InChI=1S/C10H16O2/c1-8-4-3-5-10(2,6-8)7-9(11)12/h3-4,8H,5-7H2,1-2H3,(H,11,12). The lowest BCUT2D eigenvalue weighted by Crippen LogP contribution is -2.24. The highest BCUT2D eigenvalue weighted by molar-refractivity contribution is 5.67. The highest BCUT2D eigenvalue weighted by atomic mass is 16.4. The van der Waals surface area contributed by atoms with Crippen LogP contribution < -0.4 is 0 Å². The molecule has 1 aliphatic carbocycles. The Labute approximate surface area is 73.3 Å². The zero-order valence-corrected chi connectivity index (χ0v) is 7.71. The van der Waals surface area contributed by atoms with Gasteiger partial charge in [0.15, 0.2) is 0 Å². The third-order valence-electron chi connectivity index (χ3n) is 2.47. The van der Waals surface area contributed by atoms with Crippen molar-refractivity contribution in [2.75, 3.05) is 0 Å². The number of rotatable bonds is 2. The van der Waals surface area contributed by atoms with Gasteiger partial charge in [-0.2, -0.15) is 0 Å². The lowest BCUT2D eigenvalue weighted by atomic mass is 9.73. The van der Waals surface area contributed by atoms with Gasteiger partial charge in [0.05, 0.1) is 6.42 Å². The Morgan fingerprint density at radius 3 is 2.92 bits per heavy atom. The number of carboxylic acids is 1. The molecule has 0 aromatic carbocycles. The number of allylic oxidation sites excluding steroid dienone is 2. The van der Waals surface area contributed by atoms with E-state index in [9.17, 15) is 4.79 Å². The van der Waals surface area contributed by atoms with Crippen molar-refractivity contribution in [1.29, 1.82) is 0 Å². The van der Waals surface area contributed by atoms with E-state index in [1.54, 1.807) is 0 Å². The lowest BCUT2D eigenvalue weighted by Gasteiger charge is -2.32. The molecule has 2 atom stereocenters. The van der Waals surface area contributed by atoms with E-state index in [2.05, 4.69) is 26.0 Å². The van der Waals surface area contributed by atoms with Crippen molar-refractivity contribution in [3.8, 4) is 0 Å². The fraction of sp³-hybridized carbons (Fsp3) is 0.700. The average molecular weight is 168 g/mol. The van der Waals surface area contributed by atoms with Crippen molar-refractivity contribution in [3.05, 3.63) is 12.2 Å². The monoisotopic (exact) mass is 168 g/mol. The molecule has 1 aliphatic rings. The van der Waals surface area contributed by atoms with Crippen LogP contribution in [0.5, 0.6) is 0 Å². The fourth-order valence-electron chi connectivity index (χ4n) is 2.02. The van der Waals surface area contributed by atoms with Crippen LogP contribution in [0.4, 0.5) is 0 Å². The predicted molar refractivity (Wildman–Crippen MR) is 47.9 cm³/mol. The molecule has 0 radical (unpaired) electrons. The zero-order valence-electron chi connectivity index (χ0n) is 7.71. The summed E-state index contributed by atoms with van der Waals surface area (Å²) in [6, 6.07) is 0. The molecule has 0 amide bonds. The minimum absolute atomic E-state index is 0.0139. The van der Waals surface area contributed by atoms with E-state index in [1.807, 2.05) is 0 Å². The van der Waals surface area contributed by atoms with Gasteiger partial charge in [0.2, 0.25) is 0 Å². The summed E-state index contributed by atoms with van der Waals surface area (Å²) >= 11 is 0. The molecule has 0 aromatic rings. The van der Waals surface area contributed by atoms with Crippen molar-refractivity contribution in [2.24, 2.45) is 11.3 Å². The lowest BCUT2D eigenvalue weighted by molar-refractivity contribution is -0.139. The second-order valence-corrected chi connectivity index (χ2v) is 4.19. The maximum atomic E-state index is 10.6. The molecule has 68 valence electrons. The topological polar surface area (TPSA) is 37.3 Å². The maximum Gasteiger partial charge on any atom is 0.303 e. The molecule has 2 unspecified atom stereocenters. The summed E-state index contributed by atoms with van der Waals surface area (Å²) in [5.41, 5.74) is -0.0139. The predicted octanol–water partition coefficient (Wildman–Crippen LogP) is 2.45. The zero-order chi connectivity index (χ0) is 9.19. The van der Waals surface area contributed by atoms with Gasteiger partial charge in [0.25, 0.3) is 0 Å². The smallest absolute Gasteiger partial charge is 0.303 e. The SMILES string of the molecule is CC1C=CCC(C)(CC(=O)O)C1. The summed E-state index contributed by atoms with van der Waals surface area (Å²) < 4.78 is 0. The molecule has 0 aromatic heterocycles. The number of hydrogen-bond donors (Lipinski definition) is 1. The molecule has 2 heteroatoms. The Bertz CT molecular complexity index is 208. The summed E-state index contributed by atoms with van der Waals surface area (Å²) in [5.74, 6) is -0.150. The largest absolute Gasteiger partial charge is 0.481 e. The minimum Gasteiger partial charge on any atom is -0.481 e. The van der Waals surface area contributed by atoms with Gasteiger partial charge in [0, 0.05) is 0 Å². The van der Waals surface area contributed by atoms with E-state index in [-0.39, 0.29) is 5.41 Å². The van der Waals surface area contributed by atoms with Gasteiger partial charge in [-0.15, -0.1) is 0 Å². The number of carbonyl (C=O) groups is 1. The first kappa shape index (κ1) is 9.30. The molecule has 0 bridgehead atoms. The summed E-state index contributed by atoms with van der Waals surface area (Å²) in [5, 5.41) is 8.69. The van der Waals surface area contributed by atoms with Crippen LogP contribution in [0, 0.1) is 11.3 Å². The Morgan fingerprint density at radius 2 is 2.42 bits per heavy atom. The normalized spacial score (nSPS) is 35.0. The van der Waals surface area contributed by atoms with Crippen LogP contribution in [-0.2, 0) is 4.79 Å².